The monoisotopic (exact) mass is 346 g/mol. The van der Waals surface area contributed by atoms with Crippen molar-refractivity contribution in [3.05, 3.63) is 52.3 Å². The lowest BCUT2D eigenvalue weighted by Crippen LogP contribution is -2.30. The highest BCUT2D eigenvalue weighted by Gasteiger charge is 2.30. The normalized spacial score (nSPS) is 20.0. The molecule has 5 heteroatoms. The van der Waals surface area contributed by atoms with Gasteiger partial charge in [-0.3, -0.25) is 4.79 Å². The van der Waals surface area contributed by atoms with Crippen LogP contribution < -0.4 is 10.1 Å². The van der Waals surface area contributed by atoms with Crippen molar-refractivity contribution < 1.29 is 9.53 Å². The first kappa shape index (κ1) is 13.0. The molecule has 1 aromatic heterocycles. The third kappa shape index (κ3) is 2.35. The minimum atomic E-state index is -0.0740. The van der Waals surface area contributed by atoms with Crippen LogP contribution in [0.3, 0.4) is 0 Å². The number of carbonyl (C=O) groups is 1. The molecule has 1 unspecified atom stereocenters. The average Bonchev–Trinajstić information content (AvgIpc) is 3.15. The first-order chi connectivity index (χ1) is 10.2. The topological polar surface area (TPSA) is 43.3 Å². The van der Waals surface area contributed by atoms with Crippen LogP contribution in [0.1, 0.15) is 41.0 Å². The standard InChI is InChI=1S/C16H15BrN2O2/c17-10-7-14(19(8-10)11-5-6-11)16(20)18-13-9-21-15-4-2-1-3-12(13)15/h1-4,7-8,11,13H,5-6,9H2,(H,18,20). The van der Waals surface area contributed by atoms with Gasteiger partial charge in [0.05, 0.1) is 6.04 Å². The molecule has 2 aliphatic rings. The average molecular weight is 347 g/mol. The van der Waals surface area contributed by atoms with E-state index < -0.39 is 0 Å². The number of nitrogens with zero attached hydrogens (tertiary/aromatic N) is 1. The van der Waals surface area contributed by atoms with Gasteiger partial charge >= 0.3 is 0 Å². The van der Waals surface area contributed by atoms with E-state index >= 15 is 0 Å². The van der Waals surface area contributed by atoms with Crippen LogP contribution >= 0.6 is 15.9 Å². The van der Waals surface area contributed by atoms with Gasteiger partial charge in [-0.1, -0.05) is 18.2 Å². The van der Waals surface area contributed by atoms with E-state index in [1.165, 1.54) is 0 Å². The molecule has 0 bridgehead atoms. The van der Waals surface area contributed by atoms with Crippen molar-refractivity contribution in [1.29, 1.82) is 0 Å². The van der Waals surface area contributed by atoms with Crippen LogP contribution in [0.15, 0.2) is 41.0 Å². The van der Waals surface area contributed by atoms with Crippen LogP contribution in [0, 0.1) is 0 Å². The molecule has 2 heterocycles. The van der Waals surface area contributed by atoms with Gasteiger partial charge in [-0.25, -0.2) is 0 Å². The number of para-hydroxylation sites is 1. The van der Waals surface area contributed by atoms with Crippen LogP contribution in [0.25, 0.3) is 0 Å². The molecule has 0 radical (unpaired) electrons. The van der Waals surface area contributed by atoms with Crippen molar-refractivity contribution in [3.8, 4) is 5.75 Å². The Morgan fingerprint density at radius 3 is 2.95 bits per heavy atom. The minimum absolute atomic E-state index is 0.0436. The van der Waals surface area contributed by atoms with E-state index in [1.807, 2.05) is 36.5 Å². The second-order valence-electron chi connectivity index (χ2n) is 5.56. The van der Waals surface area contributed by atoms with Gasteiger partial charge in [0.15, 0.2) is 0 Å². The van der Waals surface area contributed by atoms with E-state index in [-0.39, 0.29) is 11.9 Å². The maximum absolute atomic E-state index is 12.6. The number of fused-ring (bicyclic) bond motifs is 1. The summed E-state index contributed by atoms with van der Waals surface area (Å²) >= 11 is 3.46. The third-order valence-corrected chi connectivity index (χ3v) is 4.43. The molecule has 108 valence electrons. The predicted molar refractivity (Wildman–Crippen MR) is 82.5 cm³/mol. The predicted octanol–water partition coefficient (Wildman–Crippen LogP) is 3.45. The Bertz CT molecular complexity index is 706. The van der Waals surface area contributed by atoms with Gasteiger partial charge in [0, 0.05) is 22.3 Å². The molecule has 1 aromatic carbocycles. The van der Waals surface area contributed by atoms with Gasteiger partial charge in [-0.2, -0.15) is 0 Å². The number of benzene rings is 1. The van der Waals surface area contributed by atoms with Crippen LogP contribution in [-0.2, 0) is 0 Å². The van der Waals surface area contributed by atoms with Gasteiger partial charge < -0.3 is 14.6 Å². The molecule has 0 spiro atoms. The van der Waals surface area contributed by atoms with E-state index in [1.54, 1.807) is 0 Å². The smallest absolute Gasteiger partial charge is 0.268 e. The number of nitrogens with one attached hydrogen (secondary N) is 1. The summed E-state index contributed by atoms with van der Waals surface area (Å²) in [5, 5.41) is 3.08. The number of amides is 1. The number of aromatic nitrogens is 1. The fourth-order valence-corrected chi connectivity index (χ4v) is 3.23. The molecular formula is C16H15BrN2O2. The van der Waals surface area contributed by atoms with E-state index in [9.17, 15) is 4.79 Å². The van der Waals surface area contributed by atoms with E-state index in [2.05, 4.69) is 25.8 Å². The zero-order valence-corrected chi connectivity index (χ0v) is 13.0. The van der Waals surface area contributed by atoms with Gasteiger partial charge in [0.25, 0.3) is 5.91 Å². The Labute approximate surface area is 131 Å². The maximum atomic E-state index is 12.6. The van der Waals surface area contributed by atoms with Crippen molar-refractivity contribution in [2.75, 3.05) is 6.61 Å². The lowest BCUT2D eigenvalue weighted by atomic mass is 10.1. The zero-order chi connectivity index (χ0) is 14.4. The lowest BCUT2D eigenvalue weighted by molar-refractivity contribution is 0.0920. The highest BCUT2D eigenvalue weighted by molar-refractivity contribution is 9.10. The summed E-state index contributed by atoms with van der Waals surface area (Å²) < 4.78 is 8.63. The molecule has 0 saturated heterocycles. The van der Waals surface area contributed by atoms with Crippen LogP contribution in [-0.4, -0.2) is 17.1 Å². The molecular weight excluding hydrogens is 332 g/mol. The molecule has 1 fully saturated rings. The third-order valence-electron chi connectivity index (χ3n) is 3.99. The van der Waals surface area contributed by atoms with Crippen molar-refractivity contribution in [2.45, 2.75) is 24.9 Å². The summed E-state index contributed by atoms with van der Waals surface area (Å²) in [4.78, 5) is 12.6. The summed E-state index contributed by atoms with van der Waals surface area (Å²) in [5.74, 6) is 0.819. The Balaban J connectivity index is 1.57. The second kappa shape index (κ2) is 4.91. The molecule has 2 aromatic rings. The number of rotatable bonds is 3. The molecule has 1 saturated carbocycles. The number of ether oxygens (including phenoxy) is 1. The minimum Gasteiger partial charge on any atom is -0.491 e. The summed E-state index contributed by atoms with van der Waals surface area (Å²) in [5.41, 5.74) is 1.77. The van der Waals surface area contributed by atoms with Gasteiger partial charge in [0.2, 0.25) is 0 Å². The molecule has 1 atom stereocenters. The lowest BCUT2D eigenvalue weighted by Gasteiger charge is -2.13. The fourth-order valence-electron chi connectivity index (χ4n) is 2.80. The van der Waals surface area contributed by atoms with Crippen LogP contribution in [0.2, 0.25) is 0 Å². The van der Waals surface area contributed by atoms with Crippen molar-refractivity contribution in [1.82, 2.24) is 9.88 Å². The summed E-state index contributed by atoms with van der Waals surface area (Å²) in [6.45, 7) is 0.496. The van der Waals surface area contributed by atoms with Crippen LogP contribution in [0.5, 0.6) is 5.75 Å². The largest absolute Gasteiger partial charge is 0.491 e. The molecule has 1 N–H and O–H groups in total. The quantitative estimate of drug-likeness (QED) is 0.924. The molecule has 1 amide bonds. The molecule has 4 nitrogen and oxygen atoms in total. The molecule has 21 heavy (non-hydrogen) atoms. The number of hydrogen-bond donors (Lipinski definition) is 1. The Hall–Kier alpha value is -1.75. The number of hydrogen-bond acceptors (Lipinski definition) is 2. The highest BCUT2D eigenvalue weighted by atomic mass is 79.9. The van der Waals surface area contributed by atoms with Crippen molar-refractivity contribution >= 4 is 21.8 Å². The second-order valence-corrected chi connectivity index (χ2v) is 6.47. The van der Waals surface area contributed by atoms with Crippen molar-refractivity contribution in [3.63, 3.8) is 0 Å². The number of carbonyl (C=O) groups excluding carboxylic acids is 1. The highest BCUT2D eigenvalue weighted by Crippen LogP contribution is 2.38. The maximum Gasteiger partial charge on any atom is 0.268 e. The van der Waals surface area contributed by atoms with Crippen molar-refractivity contribution in [2.24, 2.45) is 0 Å². The zero-order valence-electron chi connectivity index (χ0n) is 11.4. The van der Waals surface area contributed by atoms with Gasteiger partial charge in [-0.05, 0) is 40.9 Å². The Kier molecular flexibility index (Phi) is 3.03. The Morgan fingerprint density at radius 2 is 2.14 bits per heavy atom. The van der Waals surface area contributed by atoms with E-state index in [0.29, 0.717) is 18.3 Å². The number of halogens is 1. The van der Waals surface area contributed by atoms with Crippen LogP contribution in [0.4, 0.5) is 0 Å². The molecule has 1 aliphatic carbocycles. The first-order valence-electron chi connectivity index (χ1n) is 7.12. The van der Waals surface area contributed by atoms with Gasteiger partial charge in [-0.15, -0.1) is 0 Å². The molecule has 1 aliphatic heterocycles. The first-order valence-corrected chi connectivity index (χ1v) is 7.91. The van der Waals surface area contributed by atoms with E-state index in [0.717, 1.165) is 28.6 Å². The SMILES string of the molecule is O=C(NC1COc2ccccc21)c1cc(Br)cn1C1CC1. The Morgan fingerprint density at radius 1 is 1.33 bits per heavy atom. The summed E-state index contributed by atoms with van der Waals surface area (Å²) in [7, 11) is 0. The molecule has 4 rings (SSSR count). The van der Waals surface area contributed by atoms with E-state index in [4.69, 9.17) is 4.74 Å². The fraction of sp³-hybridized carbons (Fsp3) is 0.312. The van der Waals surface area contributed by atoms with Gasteiger partial charge in [0.1, 0.15) is 18.1 Å². The summed E-state index contributed by atoms with van der Waals surface area (Å²) in [6, 6.07) is 10.1. The summed E-state index contributed by atoms with van der Waals surface area (Å²) in [6.07, 6.45) is 4.29.